The molecule has 3 rings (SSSR count). The molecule has 1 heterocycles. The normalized spacial score (nSPS) is 15.4. The van der Waals surface area contributed by atoms with Crippen LogP contribution in [0.25, 0.3) is 10.8 Å². The topological polar surface area (TPSA) is 82.1 Å². The van der Waals surface area contributed by atoms with Crippen molar-refractivity contribution in [2.45, 2.75) is 30.6 Å². The van der Waals surface area contributed by atoms with E-state index in [9.17, 15) is 13.2 Å². The van der Waals surface area contributed by atoms with E-state index in [2.05, 4.69) is 5.73 Å². The Morgan fingerprint density at radius 3 is 2.50 bits per heavy atom. The molecule has 0 radical (unpaired) electrons. The van der Waals surface area contributed by atoms with E-state index in [-0.39, 0.29) is 5.91 Å². The fourth-order valence-electron chi connectivity index (χ4n) is 2.95. The summed E-state index contributed by atoms with van der Waals surface area (Å²) < 4.78 is 26.9. The Labute approximate surface area is 129 Å². The Bertz CT molecular complexity index is 825. The average molecular weight is 319 g/mol. The molecule has 0 fully saturated rings. The Morgan fingerprint density at radius 1 is 1.05 bits per heavy atom. The summed E-state index contributed by atoms with van der Waals surface area (Å²) in [5.74, 6) is -0.0639. The lowest BCUT2D eigenvalue weighted by atomic mass is 10.1. The number of carbonyl (C=O) groups excluding carboxylic acids is 1. The number of hydrogen-bond acceptors (Lipinski definition) is 3. The highest BCUT2D eigenvalue weighted by atomic mass is 32.2. The predicted molar refractivity (Wildman–Crippen MR) is 84.8 cm³/mol. The number of hydrogen-bond donors (Lipinski definition) is 1. The third-order valence-corrected chi connectivity index (χ3v) is 5.85. The number of benzene rings is 2. The quantitative estimate of drug-likeness (QED) is 0.822. The van der Waals surface area contributed by atoms with Gasteiger partial charge in [-0.1, -0.05) is 30.7 Å². The van der Waals surface area contributed by atoms with E-state index >= 15 is 0 Å². The molecule has 0 bridgehead atoms. The standard InChI is InChI=1S/C16H18N2O3S/c17-15(19)10-2-1-3-11-18-13-8-4-6-12-7-5-9-14(16(12)13)22(18,20)21/h4-9H,1-3,10-11H2,(H2,17,19)/p+1. The maximum atomic E-state index is 12.7. The molecule has 1 aliphatic heterocycles. The van der Waals surface area contributed by atoms with Crippen molar-refractivity contribution in [2.24, 2.45) is 0 Å². The van der Waals surface area contributed by atoms with Crippen molar-refractivity contribution in [3.8, 4) is 0 Å². The third-order valence-electron chi connectivity index (χ3n) is 4.00. The van der Waals surface area contributed by atoms with E-state index in [1.165, 1.54) is 4.31 Å². The second-order valence-corrected chi connectivity index (χ2v) is 7.39. The number of quaternary nitrogens is 1. The molecule has 22 heavy (non-hydrogen) atoms. The lowest BCUT2D eigenvalue weighted by Gasteiger charge is -2.18. The molecule has 116 valence electrons. The summed E-state index contributed by atoms with van der Waals surface area (Å²) in [6.45, 7) is 0.446. The molecule has 1 amide bonds. The molecule has 3 N–H and O–H groups in total. The molecule has 0 atom stereocenters. The van der Waals surface area contributed by atoms with Gasteiger partial charge in [0.1, 0.15) is 0 Å². The molecular weight excluding hydrogens is 300 g/mol. The first-order chi connectivity index (χ1) is 10.5. The van der Waals surface area contributed by atoms with Gasteiger partial charge in [0.25, 0.3) is 10.0 Å². The summed E-state index contributed by atoms with van der Waals surface area (Å²) in [5.41, 5.74) is 4.11. The van der Waals surface area contributed by atoms with Crippen LogP contribution < -0.4 is 10.0 Å². The first-order valence-electron chi connectivity index (χ1n) is 7.41. The maximum absolute atomic E-state index is 12.7. The Morgan fingerprint density at radius 2 is 1.77 bits per heavy atom. The van der Waals surface area contributed by atoms with Gasteiger partial charge in [-0.2, -0.15) is 0 Å². The first-order valence-corrected chi connectivity index (χ1v) is 8.85. The van der Waals surface area contributed by atoms with Crippen molar-refractivity contribution in [1.29, 1.82) is 0 Å². The fourth-order valence-corrected chi connectivity index (χ4v) is 4.70. The number of unbranched alkanes of at least 4 members (excludes halogenated alkanes) is 2. The van der Waals surface area contributed by atoms with Gasteiger partial charge in [-0.25, -0.2) is 13.2 Å². The SMILES string of the molecule is [NH3+]C(=O)CCCCCN1c2cccc3cccc(c23)S1(=O)=O. The number of rotatable bonds is 6. The highest BCUT2D eigenvalue weighted by molar-refractivity contribution is 7.93. The van der Waals surface area contributed by atoms with Crippen molar-refractivity contribution < 1.29 is 18.9 Å². The molecule has 2 aromatic carbocycles. The van der Waals surface area contributed by atoms with E-state index in [4.69, 9.17) is 0 Å². The van der Waals surface area contributed by atoms with Gasteiger partial charge in [-0.15, -0.1) is 0 Å². The number of sulfonamides is 1. The van der Waals surface area contributed by atoms with Gasteiger partial charge in [0.2, 0.25) is 0 Å². The van der Waals surface area contributed by atoms with Crippen molar-refractivity contribution in [3.05, 3.63) is 36.4 Å². The average Bonchev–Trinajstić information content (AvgIpc) is 2.70. The van der Waals surface area contributed by atoms with Crippen LogP contribution in [0.15, 0.2) is 41.3 Å². The predicted octanol–water partition coefficient (Wildman–Crippen LogP) is 1.68. The lowest BCUT2D eigenvalue weighted by Crippen LogP contribution is -2.56. The van der Waals surface area contributed by atoms with Crippen molar-refractivity contribution in [2.75, 3.05) is 10.8 Å². The monoisotopic (exact) mass is 319 g/mol. The molecule has 0 unspecified atom stereocenters. The molecule has 6 heteroatoms. The van der Waals surface area contributed by atoms with E-state index in [0.29, 0.717) is 17.9 Å². The summed E-state index contributed by atoms with van der Waals surface area (Å²) in [7, 11) is -3.45. The van der Waals surface area contributed by atoms with E-state index in [1.54, 1.807) is 12.1 Å². The van der Waals surface area contributed by atoms with Crippen LogP contribution in [-0.2, 0) is 14.8 Å². The molecule has 0 spiro atoms. The van der Waals surface area contributed by atoms with E-state index in [1.807, 2.05) is 24.3 Å². The number of nitrogens with zero attached hydrogens (tertiary/aromatic N) is 1. The van der Waals surface area contributed by atoms with Crippen LogP contribution in [0.3, 0.4) is 0 Å². The fraction of sp³-hybridized carbons (Fsp3) is 0.312. The molecule has 5 nitrogen and oxygen atoms in total. The summed E-state index contributed by atoms with van der Waals surface area (Å²) in [6, 6.07) is 11.1. The highest BCUT2D eigenvalue weighted by Gasteiger charge is 2.34. The number of amides is 1. The van der Waals surface area contributed by atoms with Gasteiger partial charge in [0.15, 0.2) is 0 Å². The minimum atomic E-state index is -3.45. The van der Waals surface area contributed by atoms with Gasteiger partial charge >= 0.3 is 5.91 Å². The minimum absolute atomic E-state index is 0.0639. The Hall–Kier alpha value is -1.92. The molecule has 0 saturated carbocycles. The summed E-state index contributed by atoms with van der Waals surface area (Å²) in [6.07, 6.45) is 2.77. The van der Waals surface area contributed by atoms with Crippen molar-refractivity contribution in [3.63, 3.8) is 0 Å². The molecule has 0 saturated heterocycles. The summed E-state index contributed by atoms with van der Waals surface area (Å²) >= 11 is 0. The smallest absolute Gasteiger partial charge is 0.295 e. The summed E-state index contributed by atoms with van der Waals surface area (Å²) in [4.78, 5) is 11.2. The molecule has 0 aromatic heterocycles. The zero-order chi connectivity index (χ0) is 15.7. The zero-order valence-electron chi connectivity index (χ0n) is 12.3. The molecular formula is C16H19N2O3S+. The lowest BCUT2D eigenvalue weighted by molar-refractivity contribution is -0.305. The Balaban J connectivity index is 1.82. The minimum Gasteiger partial charge on any atom is -0.295 e. The van der Waals surface area contributed by atoms with Gasteiger partial charge in [-0.05, 0) is 30.4 Å². The molecule has 0 aliphatic carbocycles. The van der Waals surface area contributed by atoms with Gasteiger partial charge in [0.05, 0.1) is 17.0 Å². The van der Waals surface area contributed by atoms with Gasteiger partial charge in [0, 0.05) is 11.9 Å². The van der Waals surface area contributed by atoms with E-state index < -0.39 is 10.0 Å². The maximum Gasteiger partial charge on any atom is 0.308 e. The first kappa shape index (κ1) is 15.0. The largest absolute Gasteiger partial charge is 0.308 e. The van der Waals surface area contributed by atoms with Crippen LogP contribution in [-0.4, -0.2) is 20.9 Å². The third kappa shape index (κ3) is 2.48. The Kier molecular flexibility index (Phi) is 3.88. The molecule has 2 aromatic rings. The van der Waals surface area contributed by atoms with Gasteiger partial charge in [-0.3, -0.25) is 10.0 Å². The van der Waals surface area contributed by atoms with Crippen LogP contribution >= 0.6 is 0 Å². The van der Waals surface area contributed by atoms with E-state index in [0.717, 1.165) is 35.7 Å². The van der Waals surface area contributed by atoms with Crippen LogP contribution in [0.5, 0.6) is 0 Å². The second kappa shape index (κ2) is 5.70. The van der Waals surface area contributed by atoms with Crippen LogP contribution in [0.4, 0.5) is 5.69 Å². The molecule has 1 aliphatic rings. The highest BCUT2D eigenvalue weighted by Crippen LogP contribution is 2.41. The zero-order valence-corrected chi connectivity index (χ0v) is 13.1. The van der Waals surface area contributed by atoms with Crippen LogP contribution in [0, 0.1) is 0 Å². The summed E-state index contributed by atoms with van der Waals surface area (Å²) in [5, 5.41) is 1.77. The van der Waals surface area contributed by atoms with Crippen LogP contribution in [0.2, 0.25) is 0 Å². The van der Waals surface area contributed by atoms with Crippen LogP contribution in [0.1, 0.15) is 25.7 Å². The van der Waals surface area contributed by atoms with Gasteiger partial charge < -0.3 is 0 Å². The van der Waals surface area contributed by atoms with Crippen molar-refractivity contribution >= 4 is 32.4 Å². The number of anilines is 1. The number of carbonyl (C=O) groups is 1. The van der Waals surface area contributed by atoms with Crippen molar-refractivity contribution in [1.82, 2.24) is 0 Å². The second-order valence-electron chi connectivity index (χ2n) is 5.56.